The minimum Gasteiger partial charge on any atom is -0.285 e. The molecule has 0 aliphatic carbocycles. The maximum absolute atomic E-state index is 2.68. The molecule has 2 nitrogen and oxygen atoms in total. The van der Waals surface area contributed by atoms with E-state index in [1.807, 2.05) is 0 Å². The molecule has 3 fully saturated rings. The van der Waals surface area contributed by atoms with Crippen molar-refractivity contribution >= 4 is 0 Å². The van der Waals surface area contributed by atoms with Gasteiger partial charge >= 0.3 is 0 Å². The third-order valence-corrected chi connectivity index (χ3v) is 4.66. The van der Waals surface area contributed by atoms with E-state index in [0.29, 0.717) is 5.54 Å². The summed E-state index contributed by atoms with van der Waals surface area (Å²) in [4.78, 5) is 5.27. The fraction of sp³-hybridized carbons (Fsp3) is 1.00. The molecule has 0 radical (unpaired) electrons. The van der Waals surface area contributed by atoms with Gasteiger partial charge in [-0.05, 0) is 26.2 Å². The lowest BCUT2D eigenvalue weighted by Crippen LogP contribution is -2.72. The molecule has 0 saturated carbocycles. The van der Waals surface area contributed by atoms with E-state index in [0.717, 1.165) is 18.0 Å². The van der Waals surface area contributed by atoms with Crippen molar-refractivity contribution in [1.29, 1.82) is 0 Å². The number of hydrogen-bond donors (Lipinski definition) is 0. The minimum atomic E-state index is 0.553. The zero-order valence-electron chi connectivity index (χ0n) is 8.25. The van der Waals surface area contributed by atoms with E-state index < -0.39 is 0 Å². The number of hydrogen-bond acceptors (Lipinski definition) is 2. The normalized spacial score (nSPS) is 63.2. The third-order valence-electron chi connectivity index (χ3n) is 4.66. The van der Waals surface area contributed by atoms with Gasteiger partial charge in [0.25, 0.3) is 0 Å². The van der Waals surface area contributed by atoms with Crippen molar-refractivity contribution in [2.75, 3.05) is 13.2 Å². The van der Waals surface area contributed by atoms with Crippen molar-refractivity contribution in [2.24, 2.45) is 5.92 Å². The van der Waals surface area contributed by atoms with Crippen LogP contribution in [0.3, 0.4) is 0 Å². The Morgan fingerprint density at radius 1 is 1.33 bits per heavy atom. The Bertz CT molecular complexity index is 228. The second-order valence-corrected chi connectivity index (χ2v) is 5.13. The average Bonchev–Trinajstić information content (AvgIpc) is 2.79. The van der Waals surface area contributed by atoms with Crippen LogP contribution < -0.4 is 0 Å². The summed E-state index contributed by atoms with van der Waals surface area (Å²) in [6.07, 6.45) is 1.42. The zero-order valence-corrected chi connectivity index (χ0v) is 8.25. The molecule has 3 aliphatic heterocycles. The molecule has 12 heavy (non-hydrogen) atoms. The molecule has 68 valence electrons. The Kier molecular flexibility index (Phi) is 1.15. The van der Waals surface area contributed by atoms with E-state index >= 15 is 0 Å². The molecule has 3 rings (SSSR count). The van der Waals surface area contributed by atoms with E-state index in [1.165, 1.54) is 19.6 Å². The maximum atomic E-state index is 2.68. The molecule has 5 atom stereocenters. The summed E-state index contributed by atoms with van der Waals surface area (Å²) < 4.78 is 0. The van der Waals surface area contributed by atoms with Crippen LogP contribution in [0, 0.1) is 5.92 Å². The first-order valence-corrected chi connectivity index (χ1v) is 5.14. The van der Waals surface area contributed by atoms with Crippen LogP contribution >= 0.6 is 0 Å². The molecule has 0 aromatic heterocycles. The summed E-state index contributed by atoms with van der Waals surface area (Å²) in [6.45, 7) is 9.85. The predicted octanol–water partition coefficient (Wildman–Crippen LogP) is 1.13. The van der Waals surface area contributed by atoms with Gasteiger partial charge in [-0.1, -0.05) is 6.92 Å². The van der Waals surface area contributed by atoms with Crippen molar-refractivity contribution in [2.45, 2.75) is 44.8 Å². The lowest BCUT2D eigenvalue weighted by atomic mass is 9.68. The molecule has 0 amide bonds. The van der Waals surface area contributed by atoms with Crippen molar-refractivity contribution in [3.8, 4) is 0 Å². The Morgan fingerprint density at radius 3 is 2.83 bits per heavy atom. The molecule has 0 N–H and O–H groups in total. The largest absolute Gasteiger partial charge is 0.285 e. The van der Waals surface area contributed by atoms with E-state index in [1.54, 1.807) is 0 Å². The first-order chi connectivity index (χ1) is 5.63. The lowest BCUT2D eigenvalue weighted by Gasteiger charge is -2.63. The maximum Gasteiger partial charge on any atom is 0.0518 e. The van der Waals surface area contributed by atoms with E-state index in [9.17, 15) is 0 Å². The second kappa shape index (κ2) is 1.88. The summed E-state index contributed by atoms with van der Waals surface area (Å²) >= 11 is 0. The van der Waals surface area contributed by atoms with Gasteiger partial charge in [0.1, 0.15) is 0 Å². The van der Waals surface area contributed by atoms with Crippen molar-refractivity contribution in [1.82, 2.24) is 9.80 Å². The van der Waals surface area contributed by atoms with Crippen LogP contribution in [0.15, 0.2) is 0 Å². The Balaban J connectivity index is 1.86. The van der Waals surface area contributed by atoms with Crippen molar-refractivity contribution in [3.63, 3.8) is 0 Å². The molecule has 3 unspecified atom stereocenters. The van der Waals surface area contributed by atoms with E-state index in [2.05, 4.69) is 30.6 Å². The van der Waals surface area contributed by atoms with Gasteiger partial charge < -0.3 is 0 Å². The molecule has 0 aromatic rings. The first-order valence-electron chi connectivity index (χ1n) is 5.14. The van der Waals surface area contributed by atoms with Gasteiger partial charge in [0.2, 0.25) is 0 Å². The highest BCUT2D eigenvalue weighted by molar-refractivity contribution is 5.14. The Labute approximate surface area is 74.5 Å². The van der Waals surface area contributed by atoms with E-state index in [-0.39, 0.29) is 0 Å². The molecule has 2 heteroatoms. The summed E-state index contributed by atoms with van der Waals surface area (Å²) in [5.74, 6) is 0.903. The monoisotopic (exact) mass is 166 g/mol. The number of fused-ring (bicyclic) bond motifs is 2. The lowest BCUT2D eigenvalue weighted by molar-refractivity contribution is -0.150. The molecular weight excluding hydrogens is 148 g/mol. The summed E-state index contributed by atoms with van der Waals surface area (Å²) in [7, 11) is 0. The molecule has 3 heterocycles. The fourth-order valence-corrected chi connectivity index (χ4v) is 3.29. The molecule has 3 saturated heterocycles. The average molecular weight is 166 g/mol. The van der Waals surface area contributed by atoms with Crippen LogP contribution in [0.1, 0.15) is 27.2 Å². The molecular formula is C10H18N2. The highest BCUT2D eigenvalue weighted by atomic mass is 15.5. The molecule has 0 bridgehead atoms. The van der Waals surface area contributed by atoms with E-state index in [4.69, 9.17) is 0 Å². The van der Waals surface area contributed by atoms with Gasteiger partial charge in [0.15, 0.2) is 0 Å². The molecule has 3 aliphatic rings. The van der Waals surface area contributed by atoms with Crippen LogP contribution in [0.25, 0.3) is 0 Å². The van der Waals surface area contributed by atoms with Crippen LogP contribution in [-0.4, -0.2) is 40.6 Å². The van der Waals surface area contributed by atoms with Crippen LogP contribution in [-0.2, 0) is 0 Å². The van der Waals surface area contributed by atoms with Gasteiger partial charge in [-0.3, -0.25) is 9.80 Å². The second-order valence-electron chi connectivity index (χ2n) is 5.13. The third kappa shape index (κ3) is 0.647. The van der Waals surface area contributed by atoms with Gasteiger partial charge in [-0.2, -0.15) is 0 Å². The Morgan fingerprint density at radius 2 is 2.08 bits per heavy atom. The minimum absolute atomic E-state index is 0.553. The Hall–Kier alpha value is -0.0800. The summed E-state index contributed by atoms with van der Waals surface area (Å²) in [5.41, 5.74) is 0.553. The topological polar surface area (TPSA) is 6.25 Å². The SMILES string of the molecule is CC1C(C)[C@@]2(C)C[C@H]3CN3CN12. The van der Waals surface area contributed by atoms with Crippen molar-refractivity contribution in [3.05, 3.63) is 0 Å². The highest BCUT2D eigenvalue weighted by Crippen LogP contribution is 2.51. The quantitative estimate of drug-likeness (QED) is 0.498. The van der Waals surface area contributed by atoms with Crippen molar-refractivity contribution < 1.29 is 0 Å². The summed E-state index contributed by atoms with van der Waals surface area (Å²) in [6, 6.07) is 1.76. The first kappa shape index (κ1) is 7.34. The number of rotatable bonds is 0. The van der Waals surface area contributed by atoms with Gasteiger partial charge in [0.05, 0.1) is 6.67 Å². The van der Waals surface area contributed by atoms with Gasteiger partial charge in [0, 0.05) is 24.2 Å². The molecule has 0 spiro atoms. The summed E-state index contributed by atoms with van der Waals surface area (Å²) in [5, 5.41) is 0. The number of nitrogens with zero attached hydrogens (tertiary/aromatic N) is 2. The zero-order chi connectivity index (χ0) is 8.51. The molecule has 0 aromatic carbocycles. The fourth-order valence-electron chi connectivity index (χ4n) is 3.29. The smallest absolute Gasteiger partial charge is 0.0518 e. The standard InChI is InChI=1S/C10H18N2/c1-7-8(2)12-6-11-5-9(11)4-10(7,12)3/h7-9H,4-6H2,1-3H3/t7?,8?,9-,10+,11?/m0/s1. The predicted molar refractivity (Wildman–Crippen MR) is 48.8 cm³/mol. The van der Waals surface area contributed by atoms with Gasteiger partial charge in [-0.25, -0.2) is 0 Å². The van der Waals surface area contributed by atoms with Crippen LogP contribution in [0.4, 0.5) is 0 Å². The van der Waals surface area contributed by atoms with Gasteiger partial charge in [-0.15, -0.1) is 0 Å². The van der Waals surface area contributed by atoms with Crippen LogP contribution in [0.5, 0.6) is 0 Å². The van der Waals surface area contributed by atoms with Crippen LogP contribution in [0.2, 0.25) is 0 Å². The highest BCUT2D eigenvalue weighted by Gasteiger charge is 2.60.